The molecule has 26 heavy (non-hydrogen) atoms. The van der Waals surface area contributed by atoms with Crippen LogP contribution < -0.4 is 10.6 Å². The molecular formula is C17H21F2N3O4. The largest absolute Gasteiger partial charge is 0.387 e. The van der Waals surface area contributed by atoms with Crippen LogP contribution in [0.3, 0.4) is 0 Å². The Hall–Kier alpha value is -2.55. The van der Waals surface area contributed by atoms with Crippen LogP contribution in [-0.4, -0.2) is 59.5 Å². The van der Waals surface area contributed by atoms with Gasteiger partial charge >= 0.3 is 0 Å². The first-order chi connectivity index (χ1) is 12.3. The van der Waals surface area contributed by atoms with Crippen LogP contribution in [0.25, 0.3) is 0 Å². The second-order valence-corrected chi connectivity index (χ2v) is 6.03. The van der Waals surface area contributed by atoms with Crippen LogP contribution in [0.15, 0.2) is 18.2 Å². The first kappa shape index (κ1) is 19.8. The number of carbonyl (C=O) groups is 3. The van der Waals surface area contributed by atoms with Gasteiger partial charge in [0, 0.05) is 25.2 Å². The maximum Gasteiger partial charge on any atom is 0.245 e. The second-order valence-electron chi connectivity index (χ2n) is 6.03. The molecule has 0 unspecified atom stereocenters. The SMILES string of the molecule is CCNC(=O)[C@@H]1C[C@H](NC(=O)CO)CN1C(=O)Cc1ccc(F)cc1F. The molecule has 0 saturated carbocycles. The Kier molecular flexibility index (Phi) is 6.62. The number of hydrogen-bond donors (Lipinski definition) is 3. The maximum absolute atomic E-state index is 13.8. The number of carbonyl (C=O) groups excluding carboxylic acids is 3. The summed E-state index contributed by atoms with van der Waals surface area (Å²) in [5, 5.41) is 14.0. The monoisotopic (exact) mass is 369 g/mol. The summed E-state index contributed by atoms with van der Waals surface area (Å²) in [4.78, 5) is 37.5. The number of nitrogens with one attached hydrogen (secondary N) is 2. The Balaban J connectivity index is 2.14. The van der Waals surface area contributed by atoms with Crippen LogP contribution in [0.4, 0.5) is 8.78 Å². The number of hydrogen-bond acceptors (Lipinski definition) is 4. The van der Waals surface area contributed by atoms with Crippen LogP contribution in [0.1, 0.15) is 18.9 Å². The molecule has 7 nitrogen and oxygen atoms in total. The van der Waals surface area contributed by atoms with Crippen molar-refractivity contribution in [1.29, 1.82) is 0 Å². The third-order valence-electron chi connectivity index (χ3n) is 4.14. The molecule has 1 aliphatic rings. The fraction of sp³-hybridized carbons (Fsp3) is 0.471. The minimum Gasteiger partial charge on any atom is -0.387 e. The summed E-state index contributed by atoms with van der Waals surface area (Å²) >= 11 is 0. The predicted octanol–water partition coefficient (Wildman–Crippen LogP) is -0.279. The van der Waals surface area contributed by atoms with Crippen molar-refractivity contribution in [1.82, 2.24) is 15.5 Å². The van der Waals surface area contributed by atoms with E-state index in [9.17, 15) is 23.2 Å². The lowest BCUT2D eigenvalue weighted by atomic mass is 10.1. The predicted molar refractivity (Wildman–Crippen MR) is 87.9 cm³/mol. The molecule has 0 bridgehead atoms. The number of aliphatic hydroxyl groups excluding tert-OH is 1. The Morgan fingerprint density at radius 3 is 2.65 bits per heavy atom. The smallest absolute Gasteiger partial charge is 0.245 e. The number of nitrogens with zero attached hydrogens (tertiary/aromatic N) is 1. The van der Waals surface area contributed by atoms with Gasteiger partial charge in [-0.1, -0.05) is 6.07 Å². The summed E-state index contributed by atoms with van der Waals surface area (Å²) in [7, 11) is 0. The van der Waals surface area contributed by atoms with E-state index in [4.69, 9.17) is 5.11 Å². The van der Waals surface area contributed by atoms with E-state index in [0.29, 0.717) is 12.6 Å². The van der Waals surface area contributed by atoms with Crippen molar-refractivity contribution < 1.29 is 28.3 Å². The standard InChI is InChI=1S/C17H21F2N3O4/c1-2-20-17(26)14-7-12(21-15(24)9-23)8-22(14)16(25)5-10-3-4-11(18)6-13(10)19/h3-4,6,12,14,23H,2,5,7-9H2,1H3,(H,20,26)(H,21,24)/t12-,14-/m0/s1. The highest BCUT2D eigenvalue weighted by molar-refractivity contribution is 5.89. The molecule has 142 valence electrons. The molecule has 0 radical (unpaired) electrons. The van der Waals surface area contributed by atoms with Crippen molar-refractivity contribution >= 4 is 17.7 Å². The molecular weight excluding hydrogens is 348 g/mol. The van der Waals surface area contributed by atoms with Crippen LogP contribution in [-0.2, 0) is 20.8 Å². The molecule has 1 heterocycles. The van der Waals surface area contributed by atoms with Gasteiger partial charge in [-0.2, -0.15) is 0 Å². The Bertz CT molecular complexity index is 699. The summed E-state index contributed by atoms with van der Waals surface area (Å²) in [6.45, 7) is 1.47. The number of amides is 3. The van der Waals surface area contributed by atoms with Crippen LogP contribution in [0, 0.1) is 11.6 Å². The average Bonchev–Trinajstić information content (AvgIpc) is 3.01. The molecule has 3 N–H and O–H groups in total. The third-order valence-corrected chi connectivity index (χ3v) is 4.14. The van der Waals surface area contributed by atoms with Gasteiger partial charge in [0.05, 0.1) is 6.42 Å². The van der Waals surface area contributed by atoms with E-state index < -0.39 is 42.1 Å². The number of likely N-dealkylation sites (N-methyl/N-ethyl adjacent to an activating group) is 1. The van der Waals surface area contributed by atoms with Gasteiger partial charge in [-0.15, -0.1) is 0 Å². The van der Waals surface area contributed by atoms with Gasteiger partial charge in [0.1, 0.15) is 24.3 Å². The lowest BCUT2D eigenvalue weighted by Crippen LogP contribution is -2.46. The summed E-state index contributed by atoms with van der Waals surface area (Å²) in [5.74, 6) is -3.07. The summed E-state index contributed by atoms with van der Waals surface area (Å²) in [5.41, 5.74) is 0.0221. The van der Waals surface area contributed by atoms with Gasteiger partial charge in [-0.05, 0) is 25.0 Å². The third kappa shape index (κ3) is 4.75. The highest BCUT2D eigenvalue weighted by Gasteiger charge is 2.39. The van der Waals surface area contributed by atoms with Crippen molar-refractivity contribution in [2.75, 3.05) is 19.7 Å². The quantitative estimate of drug-likeness (QED) is 0.642. The van der Waals surface area contributed by atoms with Gasteiger partial charge in [-0.3, -0.25) is 14.4 Å². The molecule has 0 spiro atoms. The van der Waals surface area contributed by atoms with E-state index in [1.807, 2.05) is 0 Å². The normalized spacial score (nSPS) is 19.3. The molecule has 1 saturated heterocycles. The summed E-state index contributed by atoms with van der Waals surface area (Å²) in [6, 6.07) is 1.63. The molecule has 3 amide bonds. The highest BCUT2D eigenvalue weighted by atomic mass is 19.1. The van der Waals surface area contributed by atoms with E-state index in [0.717, 1.165) is 6.07 Å². The molecule has 1 aromatic carbocycles. The summed E-state index contributed by atoms with van der Waals surface area (Å²) < 4.78 is 26.8. The van der Waals surface area contributed by atoms with Crippen molar-refractivity contribution in [3.05, 3.63) is 35.4 Å². The molecule has 1 aromatic rings. The van der Waals surface area contributed by atoms with Crippen LogP contribution in [0.2, 0.25) is 0 Å². The van der Waals surface area contributed by atoms with Gasteiger partial charge in [0.2, 0.25) is 17.7 Å². The van der Waals surface area contributed by atoms with Crippen LogP contribution in [0.5, 0.6) is 0 Å². The molecule has 9 heteroatoms. The number of halogens is 2. The molecule has 2 atom stereocenters. The zero-order chi connectivity index (χ0) is 19.3. The van der Waals surface area contributed by atoms with Gasteiger partial charge in [-0.25, -0.2) is 8.78 Å². The minimum atomic E-state index is -0.836. The minimum absolute atomic E-state index is 0.0221. The van der Waals surface area contributed by atoms with Crippen LogP contribution >= 0.6 is 0 Å². The fourth-order valence-electron chi connectivity index (χ4n) is 2.96. The van der Waals surface area contributed by atoms with Crippen molar-refractivity contribution in [3.8, 4) is 0 Å². The Labute approximate surface area is 149 Å². The number of aliphatic hydroxyl groups is 1. The maximum atomic E-state index is 13.8. The second kappa shape index (κ2) is 8.70. The molecule has 1 fully saturated rings. The lowest BCUT2D eigenvalue weighted by molar-refractivity contribution is -0.138. The molecule has 2 rings (SSSR count). The van der Waals surface area contributed by atoms with Gasteiger partial charge in [0.25, 0.3) is 0 Å². The summed E-state index contributed by atoms with van der Waals surface area (Å²) in [6.07, 6.45) is -0.141. The van der Waals surface area contributed by atoms with E-state index in [1.54, 1.807) is 6.92 Å². The number of likely N-dealkylation sites (tertiary alicyclic amines) is 1. The molecule has 1 aliphatic heterocycles. The fourth-order valence-corrected chi connectivity index (χ4v) is 2.96. The van der Waals surface area contributed by atoms with E-state index >= 15 is 0 Å². The van der Waals surface area contributed by atoms with Gasteiger partial charge in [0.15, 0.2) is 0 Å². The first-order valence-electron chi connectivity index (χ1n) is 8.27. The van der Waals surface area contributed by atoms with E-state index in [2.05, 4.69) is 10.6 Å². The van der Waals surface area contributed by atoms with Crippen molar-refractivity contribution in [3.63, 3.8) is 0 Å². The van der Waals surface area contributed by atoms with E-state index in [1.165, 1.54) is 11.0 Å². The first-order valence-corrected chi connectivity index (χ1v) is 8.27. The van der Waals surface area contributed by atoms with Crippen molar-refractivity contribution in [2.24, 2.45) is 0 Å². The number of rotatable bonds is 6. The Morgan fingerprint density at radius 2 is 2.04 bits per heavy atom. The topological polar surface area (TPSA) is 98.7 Å². The lowest BCUT2D eigenvalue weighted by Gasteiger charge is -2.23. The average molecular weight is 369 g/mol. The molecule has 0 aliphatic carbocycles. The van der Waals surface area contributed by atoms with Gasteiger partial charge < -0.3 is 20.6 Å². The zero-order valence-corrected chi connectivity index (χ0v) is 14.3. The number of benzene rings is 1. The Morgan fingerprint density at radius 1 is 1.31 bits per heavy atom. The zero-order valence-electron chi connectivity index (χ0n) is 14.3. The molecule has 0 aromatic heterocycles. The highest BCUT2D eigenvalue weighted by Crippen LogP contribution is 2.21. The van der Waals surface area contributed by atoms with E-state index in [-0.39, 0.29) is 30.9 Å². The van der Waals surface area contributed by atoms with Crippen molar-refractivity contribution in [2.45, 2.75) is 31.8 Å².